The van der Waals surface area contributed by atoms with Gasteiger partial charge in [0, 0.05) is 11.1 Å². The van der Waals surface area contributed by atoms with Crippen molar-refractivity contribution in [2.75, 3.05) is 11.9 Å². The van der Waals surface area contributed by atoms with Crippen molar-refractivity contribution in [3.63, 3.8) is 0 Å². The molecule has 0 spiro atoms. The third-order valence-corrected chi connectivity index (χ3v) is 5.14. The van der Waals surface area contributed by atoms with Crippen LogP contribution in [0.25, 0.3) is 11.0 Å². The molecule has 0 atom stereocenters. The van der Waals surface area contributed by atoms with Crippen LogP contribution in [-0.4, -0.2) is 33.0 Å². The maximum absolute atomic E-state index is 12.9. The fourth-order valence-electron chi connectivity index (χ4n) is 3.02. The summed E-state index contributed by atoms with van der Waals surface area (Å²) in [5, 5.41) is 2.67. The number of amides is 1. The summed E-state index contributed by atoms with van der Waals surface area (Å²) in [4.78, 5) is 37.8. The number of rotatable bonds is 6. The number of hydrogen-bond donors (Lipinski definition) is 1. The molecular formula is C23H17N3O4S. The number of hydrogen-bond acceptors (Lipinski definition) is 7. The van der Waals surface area contributed by atoms with Gasteiger partial charge in [-0.15, -0.1) is 0 Å². The molecule has 4 aromatic rings. The summed E-state index contributed by atoms with van der Waals surface area (Å²) in [6.07, 6.45) is 0. The number of esters is 1. The molecule has 0 unspecified atom stereocenters. The number of ketones is 1. The van der Waals surface area contributed by atoms with Crippen LogP contribution in [-0.2, 0) is 9.53 Å². The van der Waals surface area contributed by atoms with E-state index in [1.165, 1.54) is 6.07 Å². The van der Waals surface area contributed by atoms with Crippen molar-refractivity contribution in [2.45, 2.75) is 6.92 Å². The first-order valence-corrected chi connectivity index (χ1v) is 10.1. The molecule has 4 rings (SSSR count). The molecule has 0 aliphatic carbocycles. The molecule has 0 aliphatic rings. The van der Waals surface area contributed by atoms with Crippen LogP contribution in [0.1, 0.15) is 31.8 Å². The highest BCUT2D eigenvalue weighted by Crippen LogP contribution is 2.21. The van der Waals surface area contributed by atoms with Crippen LogP contribution in [0.5, 0.6) is 0 Å². The number of carbonyl (C=O) groups excluding carboxylic acids is 3. The number of aromatic nitrogens is 2. The molecule has 0 saturated carbocycles. The van der Waals surface area contributed by atoms with E-state index < -0.39 is 18.5 Å². The summed E-state index contributed by atoms with van der Waals surface area (Å²) in [6, 6.07) is 18.7. The highest BCUT2D eigenvalue weighted by molar-refractivity contribution is 7.00. The second kappa shape index (κ2) is 8.85. The lowest BCUT2D eigenvalue weighted by molar-refractivity contribution is -0.119. The first-order valence-electron chi connectivity index (χ1n) is 9.41. The minimum atomic E-state index is -0.750. The molecule has 0 radical (unpaired) electrons. The topological polar surface area (TPSA) is 98.2 Å². The summed E-state index contributed by atoms with van der Waals surface area (Å²) in [5.41, 5.74) is 3.54. The van der Waals surface area contributed by atoms with Gasteiger partial charge in [0.15, 0.2) is 12.4 Å². The van der Waals surface area contributed by atoms with E-state index in [1.54, 1.807) is 48.5 Å². The molecule has 8 heteroatoms. The number of fused-ring (bicyclic) bond motifs is 1. The summed E-state index contributed by atoms with van der Waals surface area (Å²) in [5.74, 6) is -1.56. The molecule has 0 fully saturated rings. The Hall–Kier alpha value is -3.91. The second-order valence-corrected chi connectivity index (χ2v) is 7.33. The Morgan fingerprint density at radius 3 is 2.42 bits per heavy atom. The minimum Gasteiger partial charge on any atom is -0.452 e. The van der Waals surface area contributed by atoms with Gasteiger partial charge in [0.05, 0.1) is 23.0 Å². The maximum Gasteiger partial charge on any atom is 0.339 e. The first-order chi connectivity index (χ1) is 15.0. The van der Waals surface area contributed by atoms with E-state index in [4.69, 9.17) is 4.74 Å². The van der Waals surface area contributed by atoms with Crippen LogP contribution >= 0.6 is 11.7 Å². The molecule has 7 nitrogen and oxygen atoms in total. The number of benzene rings is 3. The predicted octanol–water partition coefficient (Wildman–Crippen LogP) is 4.03. The quantitative estimate of drug-likeness (QED) is 0.366. The van der Waals surface area contributed by atoms with Gasteiger partial charge in [0.2, 0.25) is 0 Å². The van der Waals surface area contributed by atoms with Crippen LogP contribution in [0, 0.1) is 6.92 Å². The van der Waals surface area contributed by atoms with Crippen molar-refractivity contribution in [2.24, 2.45) is 0 Å². The molecular weight excluding hydrogens is 414 g/mol. The van der Waals surface area contributed by atoms with E-state index in [1.807, 2.05) is 19.1 Å². The van der Waals surface area contributed by atoms with Gasteiger partial charge in [-0.05, 0) is 25.1 Å². The highest BCUT2D eigenvalue weighted by Gasteiger charge is 2.20. The first kappa shape index (κ1) is 20.4. The monoisotopic (exact) mass is 431 g/mol. The third kappa shape index (κ3) is 4.49. The summed E-state index contributed by atoms with van der Waals surface area (Å²) < 4.78 is 13.4. The summed E-state index contributed by atoms with van der Waals surface area (Å²) in [6.45, 7) is 1.43. The molecule has 1 amide bonds. The lowest BCUT2D eigenvalue weighted by atomic mass is 9.98. The fraction of sp³-hybridized carbons (Fsp3) is 0.0870. The van der Waals surface area contributed by atoms with Crippen LogP contribution in [0.3, 0.4) is 0 Å². The molecule has 0 bridgehead atoms. The zero-order chi connectivity index (χ0) is 21.8. The minimum absolute atomic E-state index is 0.103. The van der Waals surface area contributed by atoms with E-state index in [2.05, 4.69) is 14.1 Å². The molecule has 3 aromatic carbocycles. The Morgan fingerprint density at radius 2 is 1.65 bits per heavy atom. The third-order valence-electron chi connectivity index (χ3n) is 4.60. The van der Waals surface area contributed by atoms with Gasteiger partial charge < -0.3 is 10.1 Å². The lowest BCUT2D eigenvalue weighted by Gasteiger charge is -2.10. The number of nitrogens with zero attached hydrogens (tertiary/aromatic N) is 2. The maximum atomic E-state index is 12.9. The van der Waals surface area contributed by atoms with Crippen LogP contribution in [0.15, 0.2) is 66.7 Å². The summed E-state index contributed by atoms with van der Waals surface area (Å²) in [7, 11) is 0. The van der Waals surface area contributed by atoms with Crippen molar-refractivity contribution in [1.82, 2.24) is 8.75 Å². The van der Waals surface area contributed by atoms with Crippen LogP contribution in [0.4, 0.5) is 5.69 Å². The normalized spacial score (nSPS) is 10.6. The van der Waals surface area contributed by atoms with Gasteiger partial charge in [-0.3, -0.25) is 9.59 Å². The largest absolute Gasteiger partial charge is 0.452 e. The number of anilines is 1. The van der Waals surface area contributed by atoms with Crippen molar-refractivity contribution >= 4 is 46.1 Å². The summed E-state index contributed by atoms with van der Waals surface area (Å²) >= 11 is 1.04. The Kier molecular flexibility index (Phi) is 5.81. The van der Waals surface area contributed by atoms with Crippen molar-refractivity contribution < 1.29 is 19.1 Å². The Bertz CT molecular complexity index is 1280. The van der Waals surface area contributed by atoms with Gasteiger partial charge in [0.25, 0.3) is 5.91 Å². The Balaban J connectivity index is 1.45. The van der Waals surface area contributed by atoms with Crippen molar-refractivity contribution in [3.8, 4) is 0 Å². The molecule has 1 heterocycles. The van der Waals surface area contributed by atoms with Gasteiger partial charge in [-0.2, -0.15) is 8.75 Å². The molecule has 31 heavy (non-hydrogen) atoms. The van der Waals surface area contributed by atoms with E-state index in [-0.39, 0.29) is 16.9 Å². The number of carbonyl (C=O) groups is 3. The van der Waals surface area contributed by atoms with Gasteiger partial charge in [0.1, 0.15) is 11.0 Å². The Labute approximate surface area is 182 Å². The molecule has 154 valence electrons. The second-order valence-electron chi connectivity index (χ2n) is 6.80. The van der Waals surface area contributed by atoms with E-state index in [0.29, 0.717) is 22.3 Å². The standard InChI is InChI=1S/C23H17N3O4S/c1-14-9-11-15(12-10-14)22(28)16-5-2-3-6-17(16)23(29)30-13-20(27)24-18-7-4-8-19-21(18)26-31-25-19/h2-12H,13H2,1H3,(H,24,27). The molecule has 1 aromatic heterocycles. The van der Waals surface area contributed by atoms with Crippen LogP contribution in [0.2, 0.25) is 0 Å². The zero-order valence-corrected chi connectivity index (χ0v) is 17.3. The van der Waals surface area contributed by atoms with E-state index in [9.17, 15) is 14.4 Å². The molecule has 0 aliphatic heterocycles. The van der Waals surface area contributed by atoms with Crippen molar-refractivity contribution in [1.29, 1.82) is 0 Å². The lowest BCUT2D eigenvalue weighted by Crippen LogP contribution is -2.22. The average molecular weight is 431 g/mol. The number of nitrogens with one attached hydrogen (secondary N) is 1. The van der Waals surface area contributed by atoms with Gasteiger partial charge in [-0.1, -0.05) is 54.1 Å². The highest BCUT2D eigenvalue weighted by atomic mass is 32.1. The Morgan fingerprint density at radius 1 is 0.903 bits per heavy atom. The van der Waals surface area contributed by atoms with Gasteiger partial charge in [-0.25, -0.2) is 4.79 Å². The number of aryl methyl sites for hydroxylation is 1. The average Bonchev–Trinajstić information content (AvgIpc) is 3.27. The van der Waals surface area contributed by atoms with E-state index in [0.717, 1.165) is 17.3 Å². The SMILES string of the molecule is Cc1ccc(C(=O)c2ccccc2C(=O)OCC(=O)Nc2cccc3nsnc23)cc1. The zero-order valence-electron chi connectivity index (χ0n) is 16.5. The van der Waals surface area contributed by atoms with Gasteiger partial charge >= 0.3 is 5.97 Å². The van der Waals surface area contributed by atoms with Crippen molar-refractivity contribution in [3.05, 3.63) is 89.0 Å². The predicted molar refractivity (Wildman–Crippen MR) is 117 cm³/mol. The van der Waals surface area contributed by atoms with E-state index >= 15 is 0 Å². The van der Waals surface area contributed by atoms with Crippen LogP contribution < -0.4 is 5.32 Å². The number of ether oxygens (including phenoxy) is 1. The smallest absolute Gasteiger partial charge is 0.339 e. The fourth-order valence-corrected chi connectivity index (χ4v) is 3.57. The molecule has 0 saturated heterocycles. The molecule has 1 N–H and O–H groups in total.